The number of nitrogens with one attached hydrogen (secondary N) is 1. The van der Waals surface area contributed by atoms with Gasteiger partial charge in [0, 0.05) is 10.9 Å². The molecule has 4 aromatic rings. The third-order valence-corrected chi connectivity index (χ3v) is 12.0. The monoisotopic (exact) mass is 765 g/mol. The normalized spacial score (nSPS) is 25.9. The third-order valence-electron chi connectivity index (χ3n) is 11.5. The maximum Gasteiger partial charge on any atom is 0.335 e. The molecule has 3 N–H and O–H groups in total. The molecule has 4 amide bonds. The van der Waals surface area contributed by atoms with E-state index >= 15 is 4.79 Å². The van der Waals surface area contributed by atoms with Gasteiger partial charge in [-0.1, -0.05) is 65.2 Å². The molecule has 8 rings (SSSR count). The minimum atomic E-state index is -1.56. The predicted octanol–water partition coefficient (Wildman–Crippen LogP) is 6.90. The molecule has 54 heavy (non-hydrogen) atoms. The Labute approximate surface area is 319 Å². The van der Waals surface area contributed by atoms with E-state index in [1.165, 1.54) is 37.4 Å². The fraction of sp³-hybridized carbons (Fsp3) is 0.244. The van der Waals surface area contributed by atoms with Crippen LogP contribution < -0.4 is 15.1 Å². The van der Waals surface area contributed by atoms with Crippen LogP contribution in [0.3, 0.4) is 0 Å². The number of amides is 4. The lowest BCUT2D eigenvalue weighted by Crippen LogP contribution is -2.53. The highest BCUT2D eigenvalue weighted by Gasteiger charge is 2.70. The summed E-state index contributed by atoms with van der Waals surface area (Å²) in [5, 5.41) is 21.8. The van der Waals surface area contributed by atoms with Crippen LogP contribution in [0.15, 0.2) is 96.6 Å². The van der Waals surface area contributed by atoms with Crippen molar-refractivity contribution >= 4 is 64.2 Å². The number of methoxy groups -OCH3 is 1. The summed E-state index contributed by atoms with van der Waals surface area (Å²) in [4.78, 5) is 71.8. The Morgan fingerprint density at radius 1 is 0.907 bits per heavy atom. The molecule has 2 saturated heterocycles. The number of hydrogen-bond donors (Lipinski definition) is 3. The lowest BCUT2D eigenvalue weighted by molar-refractivity contribution is -0.138. The van der Waals surface area contributed by atoms with Crippen LogP contribution in [-0.2, 0) is 24.6 Å². The molecule has 4 aliphatic rings. The molecular formula is C41H33Cl2N3O8. The molecular weight excluding hydrogens is 733 g/mol. The first kappa shape index (κ1) is 35.4. The SMILES string of the molecule is COc1ccc([C@@]23C(=O)N(Nc4ccc(Cl)cc4Cl)C(=O)[C@@H]2C[C@@H]2C(=CC[C@@H]4C(=O)N(c5cccc(C(=O)O)c5)C(=O)[C@@H]42)[C@@H]3c2ccc(O)c(C)c2)cc1. The Bertz CT molecular complexity index is 2330. The summed E-state index contributed by atoms with van der Waals surface area (Å²) in [6.45, 7) is 1.74. The van der Waals surface area contributed by atoms with Crippen LogP contribution >= 0.6 is 23.2 Å². The highest BCUT2D eigenvalue weighted by Crippen LogP contribution is 2.64. The van der Waals surface area contributed by atoms with E-state index in [9.17, 15) is 29.4 Å². The molecule has 0 aromatic heterocycles. The first-order valence-electron chi connectivity index (χ1n) is 17.3. The second-order valence-corrected chi connectivity index (χ2v) is 15.0. The Balaban J connectivity index is 1.32. The van der Waals surface area contributed by atoms with Crippen LogP contribution in [0.1, 0.15) is 45.8 Å². The van der Waals surface area contributed by atoms with Gasteiger partial charge in [0.25, 0.3) is 11.8 Å². The van der Waals surface area contributed by atoms with Crippen LogP contribution in [0.5, 0.6) is 11.5 Å². The summed E-state index contributed by atoms with van der Waals surface area (Å²) in [6.07, 6.45) is 2.15. The molecule has 2 heterocycles. The number of aryl methyl sites for hydroxylation is 1. The number of aromatic hydroxyl groups is 1. The Morgan fingerprint density at radius 3 is 2.35 bits per heavy atom. The Morgan fingerprint density at radius 2 is 1.67 bits per heavy atom. The van der Waals surface area contributed by atoms with Gasteiger partial charge < -0.3 is 14.9 Å². The van der Waals surface area contributed by atoms with Crippen molar-refractivity contribution in [1.29, 1.82) is 0 Å². The molecule has 4 aromatic carbocycles. The highest BCUT2D eigenvalue weighted by molar-refractivity contribution is 6.36. The number of rotatable bonds is 7. The van der Waals surface area contributed by atoms with Gasteiger partial charge in [-0.25, -0.2) is 4.79 Å². The quantitative estimate of drug-likeness (QED) is 0.135. The Kier molecular flexibility index (Phi) is 8.54. The van der Waals surface area contributed by atoms with Gasteiger partial charge in [-0.3, -0.25) is 29.5 Å². The van der Waals surface area contributed by atoms with Crippen LogP contribution in [0.4, 0.5) is 11.4 Å². The van der Waals surface area contributed by atoms with Crippen molar-refractivity contribution < 1.29 is 38.9 Å². The molecule has 1 saturated carbocycles. The summed E-state index contributed by atoms with van der Waals surface area (Å²) in [5.41, 5.74) is 4.20. The summed E-state index contributed by atoms with van der Waals surface area (Å²) < 4.78 is 5.45. The number of allylic oxidation sites excluding steroid dienone is 2. The molecule has 3 fully saturated rings. The number of ether oxygens (including phenoxy) is 1. The fourth-order valence-corrected chi connectivity index (χ4v) is 9.56. The molecule has 2 aliphatic heterocycles. The zero-order valence-corrected chi connectivity index (χ0v) is 30.5. The number of carbonyl (C=O) groups excluding carboxylic acids is 4. The lowest BCUT2D eigenvalue weighted by Gasteiger charge is -2.50. The van der Waals surface area contributed by atoms with Gasteiger partial charge in [-0.15, -0.1) is 0 Å². The number of hydrogen-bond acceptors (Lipinski definition) is 8. The zero-order valence-electron chi connectivity index (χ0n) is 29.0. The average Bonchev–Trinajstić information content (AvgIpc) is 3.54. The first-order chi connectivity index (χ1) is 25.9. The number of phenolic OH excluding ortho intramolecular Hbond substituents is 1. The average molecular weight is 767 g/mol. The van der Waals surface area contributed by atoms with E-state index in [1.807, 2.05) is 6.08 Å². The standard InChI is InChI=1S/C41H33Cl2N3O8/c1-20-16-21(6-15-33(20)47)35-27-12-13-28-34(38(50)45(36(28)48)25-5-3-4-22(17-25)39(51)52)29(27)19-30-37(49)46(44-32-14-9-24(42)18-31(32)43)40(53)41(30,35)23-7-10-26(54-2)11-8-23/h3-12,14-18,28-30,34-35,44,47H,13,19H2,1-2H3,(H,51,52)/t28-,29+,30-,34-,35-,41+/m0/s1. The second kappa shape index (κ2) is 13.0. The van der Waals surface area contributed by atoms with E-state index in [4.69, 9.17) is 27.9 Å². The van der Waals surface area contributed by atoms with E-state index in [2.05, 4.69) is 5.43 Å². The van der Waals surface area contributed by atoms with E-state index in [-0.39, 0.29) is 40.6 Å². The summed E-state index contributed by atoms with van der Waals surface area (Å²) >= 11 is 12.7. The predicted molar refractivity (Wildman–Crippen MR) is 199 cm³/mol. The molecule has 0 radical (unpaired) electrons. The molecule has 274 valence electrons. The van der Waals surface area contributed by atoms with Gasteiger partial charge >= 0.3 is 5.97 Å². The van der Waals surface area contributed by atoms with E-state index in [0.717, 1.165) is 15.5 Å². The Hall–Kier alpha value is -5.65. The number of fused-ring (bicyclic) bond motifs is 4. The molecule has 0 spiro atoms. The summed E-state index contributed by atoms with van der Waals surface area (Å²) in [7, 11) is 1.53. The molecule has 0 unspecified atom stereocenters. The van der Waals surface area contributed by atoms with Crippen LogP contribution in [0.25, 0.3) is 0 Å². The van der Waals surface area contributed by atoms with Gasteiger partial charge in [-0.05, 0) is 97.0 Å². The molecule has 11 nitrogen and oxygen atoms in total. The minimum absolute atomic E-state index is 0.0455. The van der Waals surface area contributed by atoms with Crippen molar-refractivity contribution in [2.75, 3.05) is 17.4 Å². The molecule has 13 heteroatoms. The summed E-state index contributed by atoms with van der Waals surface area (Å²) in [6, 6.07) is 22.4. The lowest BCUT2D eigenvalue weighted by atomic mass is 9.49. The zero-order chi connectivity index (χ0) is 38.2. The van der Waals surface area contributed by atoms with Crippen LogP contribution in [0.2, 0.25) is 10.0 Å². The van der Waals surface area contributed by atoms with Crippen molar-refractivity contribution in [1.82, 2.24) is 5.01 Å². The second-order valence-electron chi connectivity index (χ2n) is 14.1. The van der Waals surface area contributed by atoms with Crippen molar-refractivity contribution in [3.8, 4) is 11.5 Å². The van der Waals surface area contributed by atoms with Crippen molar-refractivity contribution in [2.45, 2.75) is 31.1 Å². The van der Waals surface area contributed by atoms with Gasteiger partial charge in [0.15, 0.2) is 0 Å². The van der Waals surface area contributed by atoms with Crippen LogP contribution in [-0.4, -0.2) is 51.9 Å². The van der Waals surface area contributed by atoms with Crippen LogP contribution in [0, 0.1) is 30.6 Å². The maximum atomic E-state index is 15.4. The smallest absolute Gasteiger partial charge is 0.335 e. The number of carboxylic acid groups (broad SMARTS) is 1. The topological polar surface area (TPSA) is 154 Å². The van der Waals surface area contributed by atoms with Gasteiger partial charge in [0.05, 0.1) is 52.2 Å². The highest BCUT2D eigenvalue weighted by atomic mass is 35.5. The number of carboxylic acids is 1. The number of hydrazine groups is 1. The number of nitrogens with zero attached hydrogens (tertiary/aromatic N) is 2. The number of anilines is 2. The van der Waals surface area contributed by atoms with E-state index in [0.29, 0.717) is 27.5 Å². The largest absolute Gasteiger partial charge is 0.508 e. The van der Waals surface area contributed by atoms with Gasteiger partial charge in [0.1, 0.15) is 11.5 Å². The maximum absolute atomic E-state index is 15.4. The van der Waals surface area contributed by atoms with Crippen molar-refractivity contribution in [2.24, 2.45) is 23.7 Å². The number of imide groups is 2. The molecule has 6 atom stereocenters. The first-order valence-corrected chi connectivity index (χ1v) is 18.1. The van der Waals surface area contributed by atoms with Gasteiger partial charge in [-0.2, -0.15) is 5.01 Å². The summed E-state index contributed by atoms with van der Waals surface area (Å²) in [5.74, 6) is -6.85. The molecule has 2 aliphatic carbocycles. The van der Waals surface area contributed by atoms with E-state index in [1.54, 1.807) is 61.5 Å². The molecule has 0 bridgehead atoms. The van der Waals surface area contributed by atoms with Gasteiger partial charge in [0.2, 0.25) is 11.8 Å². The number of carbonyl (C=O) groups is 5. The number of aromatic carboxylic acids is 1. The van der Waals surface area contributed by atoms with E-state index < -0.39 is 64.6 Å². The third kappa shape index (κ3) is 5.20. The minimum Gasteiger partial charge on any atom is -0.508 e. The fourth-order valence-electron chi connectivity index (χ4n) is 9.11. The number of halogens is 2. The van der Waals surface area contributed by atoms with Crippen molar-refractivity contribution in [3.05, 3.63) is 129 Å². The number of phenols is 1. The number of benzene rings is 4. The van der Waals surface area contributed by atoms with Crippen molar-refractivity contribution in [3.63, 3.8) is 0 Å².